The van der Waals surface area contributed by atoms with E-state index in [1.54, 1.807) is 7.11 Å². The van der Waals surface area contributed by atoms with Crippen LogP contribution in [-0.2, 0) is 9.53 Å². The molecule has 124 valence electrons. The van der Waals surface area contributed by atoms with Gasteiger partial charge in [-0.05, 0) is 25.8 Å². The van der Waals surface area contributed by atoms with E-state index in [1.807, 2.05) is 14.0 Å². The molecule has 0 aliphatic carbocycles. The summed E-state index contributed by atoms with van der Waals surface area (Å²) in [5, 5.41) is 14.1. The lowest BCUT2D eigenvalue weighted by Crippen LogP contribution is -2.40. The third kappa shape index (κ3) is 13.4. The van der Waals surface area contributed by atoms with Crippen LogP contribution < -0.4 is 10.6 Å². The summed E-state index contributed by atoms with van der Waals surface area (Å²) in [4.78, 5) is 24.0. The average Bonchev–Trinajstić information content (AvgIpc) is 2.42. The molecule has 3 N–H and O–H groups in total. The molecular formula is C14H29N3O4. The van der Waals surface area contributed by atoms with Crippen LogP contribution in [0.3, 0.4) is 0 Å². The lowest BCUT2D eigenvalue weighted by atomic mass is 10.0. The number of amides is 2. The fourth-order valence-electron chi connectivity index (χ4n) is 1.73. The van der Waals surface area contributed by atoms with Crippen LogP contribution in [0.25, 0.3) is 0 Å². The number of nitrogens with zero attached hydrogens (tertiary/aromatic N) is 1. The molecule has 7 heteroatoms. The van der Waals surface area contributed by atoms with E-state index in [9.17, 15) is 9.59 Å². The summed E-state index contributed by atoms with van der Waals surface area (Å²) in [7, 11) is 3.64. The number of hydrogen-bond acceptors (Lipinski definition) is 4. The number of carbonyl (C=O) groups is 2. The maximum atomic E-state index is 11.5. The molecule has 1 unspecified atom stereocenters. The van der Waals surface area contributed by atoms with Gasteiger partial charge in [0.05, 0.1) is 6.61 Å². The van der Waals surface area contributed by atoms with E-state index in [-0.39, 0.29) is 12.5 Å². The van der Waals surface area contributed by atoms with Gasteiger partial charge in [-0.25, -0.2) is 4.79 Å². The highest BCUT2D eigenvalue weighted by molar-refractivity contribution is 5.73. The number of urea groups is 1. The molecule has 2 amide bonds. The van der Waals surface area contributed by atoms with Gasteiger partial charge in [0.2, 0.25) is 0 Å². The van der Waals surface area contributed by atoms with E-state index < -0.39 is 5.97 Å². The van der Waals surface area contributed by atoms with Crippen molar-refractivity contribution in [3.8, 4) is 0 Å². The van der Waals surface area contributed by atoms with Gasteiger partial charge in [0.25, 0.3) is 0 Å². The summed E-state index contributed by atoms with van der Waals surface area (Å²) in [6.45, 7) is 5.42. The molecule has 7 nitrogen and oxygen atoms in total. The van der Waals surface area contributed by atoms with Gasteiger partial charge in [0.1, 0.15) is 0 Å². The summed E-state index contributed by atoms with van der Waals surface area (Å²) in [5.74, 6) is -0.480. The molecule has 0 aromatic carbocycles. The third-order valence-corrected chi connectivity index (χ3v) is 3.23. The van der Waals surface area contributed by atoms with E-state index in [4.69, 9.17) is 9.84 Å². The molecule has 0 aliphatic rings. The second-order valence-electron chi connectivity index (χ2n) is 5.31. The van der Waals surface area contributed by atoms with E-state index in [1.165, 1.54) is 0 Å². The first-order valence-corrected chi connectivity index (χ1v) is 7.36. The van der Waals surface area contributed by atoms with Gasteiger partial charge < -0.3 is 25.4 Å². The van der Waals surface area contributed by atoms with Gasteiger partial charge in [0, 0.05) is 39.7 Å². The molecule has 0 aromatic rings. The van der Waals surface area contributed by atoms with Crippen LogP contribution in [-0.4, -0.2) is 69.0 Å². The Bertz CT molecular complexity index is 300. The van der Waals surface area contributed by atoms with Gasteiger partial charge >= 0.3 is 12.0 Å². The Balaban J connectivity index is 3.51. The maximum absolute atomic E-state index is 11.5. The highest BCUT2D eigenvalue weighted by Gasteiger charge is 2.06. The minimum Gasteiger partial charge on any atom is -0.481 e. The smallest absolute Gasteiger partial charge is 0.314 e. The Kier molecular flexibility index (Phi) is 11.6. The Morgan fingerprint density at radius 3 is 2.48 bits per heavy atom. The number of carboxylic acids is 1. The highest BCUT2D eigenvalue weighted by Crippen LogP contribution is 2.08. The minimum absolute atomic E-state index is 0.180. The standard InChI is InChI=1S/C14H29N3O4/c1-12(4-5-13(18)19)6-7-15-14(20)16-8-9-17(2)10-11-21-3/h12H,4-11H2,1-3H3,(H,18,19)(H2,15,16,20). The van der Waals surface area contributed by atoms with Gasteiger partial charge in [-0.3, -0.25) is 4.79 Å². The fourth-order valence-corrected chi connectivity index (χ4v) is 1.73. The second-order valence-corrected chi connectivity index (χ2v) is 5.31. The van der Waals surface area contributed by atoms with Crippen LogP contribution in [0.15, 0.2) is 0 Å². The first-order chi connectivity index (χ1) is 9.95. The van der Waals surface area contributed by atoms with Crippen molar-refractivity contribution in [3.05, 3.63) is 0 Å². The van der Waals surface area contributed by atoms with Gasteiger partial charge in [-0.1, -0.05) is 6.92 Å². The molecule has 1 atom stereocenters. The summed E-state index contributed by atoms with van der Waals surface area (Å²) < 4.78 is 4.97. The molecule has 0 saturated heterocycles. The predicted octanol–water partition coefficient (Wildman–Crippen LogP) is 0.755. The van der Waals surface area contributed by atoms with Crippen molar-refractivity contribution in [2.75, 3.05) is 46.9 Å². The first-order valence-electron chi connectivity index (χ1n) is 7.36. The molecule has 0 radical (unpaired) electrons. The highest BCUT2D eigenvalue weighted by atomic mass is 16.5. The van der Waals surface area contributed by atoms with Crippen LogP contribution in [0.5, 0.6) is 0 Å². The zero-order chi connectivity index (χ0) is 16.1. The third-order valence-electron chi connectivity index (χ3n) is 3.23. The Morgan fingerprint density at radius 2 is 1.86 bits per heavy atom. The fraction of sp³-hybridized carbons (Fsp3) is 0.857. The molecule has 0 aliphatic heterocycles. The molecule has 0 saturated carbocycles. The van der Waals surface area contributed by atoms with Crippen molar-refractivity contribution in [3.63, 3.8) is 0 Å². The minimum atomic E-state index is -0.773. The summed E-state index contributed by atoms with van der Waals surface area (Å²) >= 11 is 0. The molecule has 0 fully saturated rings. The number of carboxylic acid groups (broad SMARTS) is 1. The monoisotopic (exact) mass is 303 g/mol. The van der Waals surface area contributed by atoms with Gasteiger partial charge in [-0.2, -0.15) is 0 Å². The number of rotatable bonds is 12. The largest absolute Gasteiger partial charge is 0.481 e. The van der Waals surface area contributed by atoms with Gasteiger partial charge in [0.15, 0.2) is 0 Å². The van der Waals surface area contributed by atoms with Crippen molar-refractivity contribution < 1.29 is 19.4 Å². The molecule has 0 aromatic heterocycles. The van der Waals surface area contributed by atoms with Crippen LogP contribution >= 0.6 is 0 Å². The van der Waals surface area contributed by atoms with E-state index in [0.717, 1.165) is 19.5 Å². The molecule has 0 spiro atoms. The lowest BCUT2D eigenvalue weighted by Gasteiger charge is -2.16. The maximum Gasteiger partial charge on any atom is 0.314 e. The Labute approximate surface area is 127 Å². The van der Waals surface area contributed by atoms with Crippen LogP contribution in [0.1, 0.15) is 26.2 Å². The number of nitrogens with one attached hydrogen (secondary N) is 2. The zero-order valence-corrected chi connectivity index (χ0v) is 13.4. The van der Waals surface area contributed by atoms with Crippen molar-refractivity contribution in [2.45, 2.75) is 26.2 Å². The van der Waals surface area contributed by atoms with Crippen molar-refractivity contribution in [2.24, 2.45) is 5.92 Å². The first kappa shape index (κ1) is 19.7. The number of aliphatic carboxylic acids is 1. The van der Waals surface area contributed by atoms with E-state index in [2.05, 4.69) is 15.5 Å². The number of carbonyl (C=O) groups excluding carboxylic acids is 1. The van der Waals surface area contributed by atoms with Crippen molar-refractivity contribution >= 4 is 12.0 Å². The molecule has 0 rings (SSSR count). The van der Waals surface area contributed by atoms with Crippen molar-refractivity contribution in [1.29, 1.82) is 0 Å². The zero-order valence-electron chi connectivity index (χ0n) is 13.4. The number of likely N-dealkylation sites (N-methyl/N-ethyl adjacent to an activating group) is 1. The average molecular weight is 303 g/mol. The molecule has 21 heavy (non-hydrogen) atoms. The SMILES string of the molecule is COCCN(C)CCNC(=O)NCCC(C)CCC(=O)O. The van der Waals surface area contributed by atoms with Crippen LogP contribution in [0.4, 0.5) is 4.79 Å². The number of hydrogen-bond donors (Lipinski definition) is 3. The Morgan fingerprint density at radius 1 is 1.19 bits per heavy atom. The van der Waals surface area contributed by atoms with Crippen LogP contribution in [0.2, 0.25) is 0 Å². The number of methoxy groups -OCH3 is 1. The number of ether oxygens (including phenoxy) is 1. The lowest BCUT2D eigenvalue weighted by molar-refractivity contribution is -0.137. The Hall–Kier alpha value is -1.34. The second kappa shape index (κ2) is 12.4. The normalized spacial score (nSPS) is 12.2. The predicted molar refractivity (Wildman–Crippen MR) is 81.4 cm³/mol. The summed E-state index contributed by atoms with van der Waals surface area (Å²) in [5.41, 5.74) is 0. The topological polar surface area (TPSA) is 90.9 Å². The van der Waals surface area contributed by atoms with Crippen molar-refractivity contribution in [1.82, 2.24) is 15.5 Å². The van der Waals surface area contributed by atoms with Crippen LogP contribution in [0, 0.1) is 5.92 Å². The molecule has 0 bridgehead atoms. The van der Waals surface area contributed by atoms with Gasteiger partial charge in [-0.15, -0.1) is 0 Å². The molecular weight excluding hydrogens is 274 g/mol. The van der Waals surface area contributed by atoms with E-state index >= 15 is 0 Å². The summed E-state index contributed by atoms with van der Waals surface area (Å²) in [6.07, 6.45) is 1.61. The van der Waals surface area contributed by atoms with E-state index in [0.29, 0.717) is 32.0 Å². The quantitative estimate of drug-likeness (QED) is 0.495. The molecule has 0 heterocycles. The summed E-state index contributed by atoms with van der Waals surface area (Å²) in [6, 6.07) is -0.180.